The molecule has 0 bridgehead atoms. The Hall–Kier alpha value is -1.17. The molecule has 1 rings (SSSR count). The summed E-state index contributed by atoms with van der Waals surface area (Å²) in [6.45, 7) is 1.78. The standard InChI is InChI=1S/C9H13NO2/c1-4-9(2,7-5-6-7)12-8(11)10-3/h1,7H,5-6H2,2-3H3,(H,10,11). The summed E-state index contributed by atoms with van der Waals surface area (Å²) in [6, 6.07) is 0. The zero-order valence-corrected chi connectivity index (χ0v) is 7.39. The highest BCUT2D eigenvalue weighted by Crippen LogP contribution is 2.41. The molecule has 1 aliphatic rings. The third kappa shape index (κ3) is 1.70. The molecule has 3 nitrogen and oxygen atoms in total. The lowest BCUT2D eigenvalue weighted by molar-refractivity contribution is 0.0527. The first kappa shape index (κ1) is 8.92. The van der Waals surface area contributed by atoms with Crippen molar-refractivity contribution in [3.63, 3.8) is 0 Å². The number of terminal acetylenes is 1. The van der Waals surface area contributed by atoms with Crippen molar-refractivity contribution < 1.29 is 9.53 Å². The Balaban J connectivity index is 2.56. The lowest BCUT2D eigenvalue weighted by Crippen LogP contribution is -2.36. The minimum atomic E-state index is -0.708. The topological polar surface area (TPSA) is 38.3 Å². The number of amides is 1. The fourth-order valence-corrected chi connectivity index (χ4v) is 1.11. The Morgan fingerprint density at radius 1 is 1.75 bits per heavy atom. The lowest BCUT2D eigenvalue weighted by atomic mass is 10.0. The van der Waals surface area contributed by atoms with Crippen LogP contribution in [0, 0.1) is 18.3 Å². The van der Waals surface area contributed by atoms with Gasteiger partial charge in [-0.1, -0.05) is 5.92 Å². The van der Waals surface area contributed by atoms with E-state index in [2.05, 4.69) is 11.2 Å². The first-order valence-corrected chi connectivity index (χ1v) is 4.01. The van der Waals surface area contributed by atoms with Crippen LogP contribution in [0.1, 0.15) is 19.8 Å². The van der Waals surface area contributed by atoms with E-state index in [0.717, 1.165) is 12.8 Å². The molecule has 1 atom stereocenters. The van der Waals surface area contributed by atoms with Gasteiger partial charge in [-0.3, -0.25) is 0 Å². The number of alkyl carbamates (subject to hydrolysis) is 1. The van der Waals surface area contributed by atoms with Gasteiger partial charge in [-0.15, -0.1) is 6.42 Å². The fourth-order valence-electron chi connectivity index (χ4n) is 1.11. The third-order valence-electron chi connectivity index (χ3n) is 2.15. The van der Waals surface area contributed by atoms with E-state index in [1.54, 1.807) is 6.92 Å². The van der Waals surface area contributed by atoms with Gasteiger partial charge in [-0.2, -0.15) is 0 Å². The van der Waals surface area contributed by atoms with Gasteiger partial charge in [0.15, 0.2) is 5.60 Å². The highest BCUT2D eigenvalue weighted by Gasteiger charge is 2.43. The Labute approximate surface area is 72.5 Å². The molecule has 0 aromatic carbocycles. The molecular formula is C9H13NO2. The number of ether oxygens (including phenoxy) is 1. The second kappa shape index (κ2) is 3.06. The molecule has 0 spiro atoms. The molecule has 1 saturated carbocycles. The maximum absolute atomic E-state index is 10.9. The highest BCUT2D eigenvalue weighted by atomic mass is 16.6. The van der Waals surface area contributed by atoms with E-state index in [0.29, 0.717) is 5.92 Å². The lowest BCUT2D eigenvalue weighted by Gasteiger charge is -2.22. The summed E-state index contributed by atoms with van der Waals surface area (Å²) >= 11 is 0. The molecule has 0 aromatic rings. The van der Waals surface area contributed by atoms with Crippen LogP contribution in [-0.4, -0.2) is 18.7 Å². The van der Waals surface area contributed by atoms with Crippen molar-refractivity contribution in [2.24, 2.45) is 5.92 Å². The Morgan fingerprint density at radius 3 is 2.67 bits per heavy atom. The van der Waals surface area contributed by atoms with E-state index in [-0.39, 0.29) is 0 Å². The quantitative estimate of drug-likeness (QED) is 0.626. The average Bonchev–Trinajstić information content (AvgIpc) is 2.86. The smallest absolute Gasteiger partial charge is 0.408 e. The van der Waals surface area contributed by atoms with Crippen molar-refractivity contribution in [2.45, 2.75) is 25.4 Å². The maximum Gasteiger partial charge on any atom is 0.408 e. The molecule has 0 radical (unpaired) electrons. The molecule has 1 N–H and O–H groups in total. The molecule has 66 valence electrons. The van der Waals surface area contributed by atoms with E-state index in [1.165, 1.54) is 7.05 Å². The average molecular weight is 167 g/mol. The predicted octanol–water partition coefficient (Wildman–Crippen LogP) is 1.14. The molecule has 0 saturated heterocycles. The molecule has 1 fully saturated rings. The van der Waals surface area contributed by atoms with Crippen LogP contribution in [0.3, 0.4) is 0 Å². The molecule has 0 aliphatic heterocycles. The van der Waals surface area contributed by atoms with E-state index in [4.69, 9.17) is 11.2 Å². The van der Waals surface area contributed by atoms with Crippen LogP contribution in [-0.2, 0) is 4.74 Å². The Bertz CT molecular complexity index is 227. The van der Waals surface area contributed by atoms with Gasteiger partial charge in [0.1, 0.15) is 0 Å². The van der Waals surface area contributed by atoms with Gasteiger partial charge in [0, 0.05) is 13.0 Å². The molecule has 1 amide bonds. The van der Waals surface area contributed by atoms with E-state index in [9.17, 15) is 4.79 Å². The summed E-state index contributed by atoms with van der Waals surface area (Å²) < 4.78 is 5.07. The van der Waals surface area contributed by atoms with Crippen LogP contribution in [0.15, 0.2) is 0 Å². The van der Waals surface area contributed by atoms with Gasteiger partial charge >= 0.3 is 6.09 Å². The van der Waals surface area contributed by atoms with Gasteiger partial charge in [0.2, 0.25) is 0 Å². The van der Waals surface area contributed by atoms with Gasteiger partial charge in [0.25, 0.3) is 0 Å². The predicted molar refractivity (Wildman–Crippen MR) is 45.5 cm³/mol. The normalized spacial score (nSPS) is 20.4. The minimum Gasteiger partial charge on any atom is -0.430 e. The summed E-state index contributed by atoms with van der Waals surface area (Å²) in [5.74, 6) is 2.87. The zero-order chi connectivity index (χ0) is 9.19. The summed E-state index contributed by atoms with van der Waals surface area (Å²) in [7, 11) is 1.52. The Kier molecular flexibility index (Phi) is 2.27. The van der Waals surface area contributed by atoms with E-state index >= 15 is 0 Å². The van der Waals surface area contributed by atoms with Crippen LogP contribution in [0.2, 0.25) is 0 Å². The van der Waals surface area contributed by atoms with Crippen molar-refractivity contribution >= 4 is 6.09 Å². The van der Waals surface area contributed by atoms with Crippen molar-refractivity contribution in [3.8, 4) is 12.3 Å². The number of rotatable bonds is 2. The van der Waals surface area contributed by atoms with Crippen molar-refractivity contribution in [2.75, 3.05) is 7.05 Å². The number of nitrogens with one attached hydrogen (secondary N) is 1. The van der Waals surface area contributed by atoms with Crippen LogP contribution >= 0.6 is 0 Å². The minimum absolute atomic E-state index is 0.347. The van der Waals surface area contributed by atoms with Crippen LogP contribution in [0.5, 0.6) is 0 Å². The molecule has 0 aromatic heterocycles. The van der Waals surface area contributed by atoms with Crippen LogP contribution < -0.4 is 5.32 Å². The summed E-state index contributed by atoms with van der Waals surface area (Å²) in [4.78, 5) is 10.9. The third-order valence-corrected chi connectivity index (χ3v) is 2.15. The first-order chi connectivity index (χ1) is 5.62. The number of hydrogen-bond donors (Lipinski definition) is 1. The second-order valence-corrected chi connectivity index (χ2v) is 3.17. The van der Waals surface area contributed by atoms with E-state index in [1.807, 2.05) is 0 Å². The van der Waals surface area contributed by atoms with Crippen molar-refractivity contribution in [1.82, 2.24) is 5.32 Å². The van der Waals surface area contributed by atoms with E-state index < -0.39 is 11.7 Å². The first-order valence-electron chi connectivity index (χ1n) is 4.01. The highest BCUT2D eigenvalue weighted by molar-refractivity contribution is 5.67. The van der Waals surface area contributed by atoms with Crippen molar-refractivity contribution in [3.05, 3.63) is 0 Å². The summed E-state index contributed by atoms with van der Waals surface area (Å²) in [5, 5.41) is 2.38. The van der Waals surface area contributed by atoms with Crippen molar-refractivity contribution in [1.29, 1.82) is 0 Å². The maximum atomic E-state index is 10.9. The monoisotopic (exact) mass is 167 g/mol. The van der Waals surface area contributed by atoms with Crippen LogP contribution in [0.25, 0.3) is 0 Å². The molecule has 3 heteroatoms. The van der Waals surface area contributed by atoms with Gasteiger partial charge in [-0.05, 0) is 19.8 Å². The molecule has 1 unspecified atom stereocenters. The molecule has 0 heterocycles. The molecular weight excluding hydrogens is 154 g/mol. The SMILES string of the molecule is C#CC(C)(OC(=O)NC)C1CC1. The number of hydrogen-bond acceptors (Lipinski definition) is 2. The largest absolute Gasteiger partial charge is 0.430 e. The molecule has 12 heavy (non-hydrogen) atoms. The summed E-state index contributed by atoms with van der Waals surface area (Å²) in [6.07, 6.45) is 6.95. The van der Waals surface area contributed by atoms with Crippen LogP contribution in [0.4, 0.5) is 4.79 Å². The Morgan fingerprint density at radius 2 is 2.33 bits per heavy atom. The number of carbonyl (C=O) groups excluding carboxylic acids is 1. The number of carbonyl (C=O) groups is 1. The van der Waals surface area contributed by atoms with Gasteiger partial charge in [-0.25, -0.2) is 4.79 Å². The summed E-state index contributed by atoms with van der Waals surface area (Å²) in [5.41, 5.74) is -0.708. The second-order valence-electron chi connectivity index (χ2n) is 3.17. The van der Waals surface area contributed by atoms with Gasteiger partial charge < -0.3 is 10.1 Å². The zero-order valence-electron chi connectivity index (χ0n) is 7.39. The van der Waals surface area contributed by atoms with Gasteiger partial charge in [0.05, 0.1) is 0 Å². The fraction of sp³-hybridized carbons (Fsp3) is 0.667. The molecule has 1 aliphatic carbocycles.